The van der Waals surface area contributed by atoms with Crippen LogP contribution in [0.3, 0.4) is 0 Å². The monoisotopic (exact) mass is 286 g/mol. The van der Waals surface area contributed by atoms with Gasteiger partial charge in [0.1, 0.15) is 10.6 Å². The van der Waals surface area contributed by atoms with Crippen molar-refractivity contribution in [2.24, 2.45) is 5.14 Å². The van der Waals surface area contributed by atoms with Crippen molar-refractivity contribution >= 4 is 26.0 Å². The maximum absolute atomic E-state index is 12.2. The van der Waals surface area contributed by atoms with E-state index in [1.807, 2.05) is 0 Å². The van der Waals surface area contributed by atoms with Crippen LogP contribution >= 0.6 is 15.9 Å². The highest BCUT2D eigenvalue weighted by Crippen LogP contribution is 2.26. The van der Waals surface area contributed by atoms with Gasteiger partial charge >= 0.3 is 0 Å². The average molecular weight is 287 g/mol. The highest BCUT2D eigenvalue weighted by atomic mass is 79.9. The molecular formula is C6H5BrF2N2O2S. The van der Waals surface area contributed by atoms with Gasteiger partial charge in [-0.05, 0) is 22.0 Å². The molecule has 0 bridgehead atoms. The lowest BCUT2D eigenvalue weighted by Gasteiger charge is -2.03. The molecule has 8 heteroatoms. The molecule has 1 aromatic heterocycles. The summed E-state index contributed by atoms with van der Waals surface area (Å²) in [5.41, 5.74) is -0.516. The minimum atomic E-state index is -3.91. The van der Waals surface area contributed by atoms with Gasteiger partial charge in [0.2, 0.25) is 10.0 Å². The van der Waals surface area contributed by atoms with Gasteiger partial charge in [0.15, 0.2) is 0 Å². The summed E-state index contributed by atoms with van der Waals surface area (Å²) in [7, 11) is -3.91. The number of nitrogens with two attached hydrogens (primary N) is 1. The molecule has 78 valence electrons. The van der Waals surface area contributed by atoms with Crippen LogP contribution < -0.4 is 5.14 Å². The fourth-order valence-corrected chi connectivity index (χ4v) is 1.90. The second-order valence-electron chi connectivity index (χ2n) is 2.38. The van der Waals surface area contributed by atoms with Crippen LogP contribution in [0.5, 0.6) is 0 Å². The van der Waals surface area contributed by atoms with Crippen LogP contribution in [0.15, 0.2) is 21.6 Å². The first kappa shape index (κ1) is 11.5. The number of hydrogen-bond acceptors (Lipinski definition) is 3. The Morgan fingerprint density at radius 2 is 2.07 bits per heavy atom. The van der Waals surface area contributed by atoms with Crippen molar-refractivity contribution in [3.05, 3.63) is 22.4 Å². The van der Waals surface area contributed by atoms with Gasteiger partial charge in [-0.3, -0.25) is 4.98 Å². The standard InChI is InChI=1S/C6H5BrF2N2O2S/c7-4-1-3(14(10,12)13)2-11-5(4)6(8)9/h1-2,6H,(H2,10,12,13). The largest absolute Gasteiger partial charge is 0.281 e. The van der Waals surface area contributed by atoms with E-state index in [-0.39, 0.29) is 9.37 Å². The summed E-state index contributed by atoms with van der Waals surface area (Å²) in [4.78, 5) is 2.98. The zero-order valence-corrected chi connectivity index (χ0v) is 9.02. The number of halogens is 3. The van der Waals surface area contributed by atoms with Crippen molar-refractivity contribution in [2.45, 2.75) is 11.3 Å². The molecule has 0 amide bonds. The summed E-state index contributed by atoms with van der Waals surface area (Å²) >= 11 is 2.78. The molecule has 0 saturated heterocycles. The predicted octanol–water partition coefficient (Wildman–Crippen LogP) is 1.43. The van der Waals surface area contributed by atoms with E-state index < -0.39 is 22.1 Å². The first-order chi connectivity index (χ1) is 6.32. The second-order valence-corrected chi connectivity index (χ2v) is 4.80. The lowest BCUT2D eigenvalue weighted by molar-refractivity contribution is 0.145. The average Bonchev–Trinajstić information content (AvgIpc) is 2.01. The Kier molecular flexibility index (Phi) is 3.17. The highest BCUT2D eigenvalue weighted by molar-refractivity contribution is 9.10. The molecule has 0 saturated carbocycles. The SMILES string of the molecule is NS(=O)(=O)c1cnc(C(F)F)c(Br)c1. The van der Waals surface area contributed by atoms with E-state index in [1.165, 1.54) is 0 Å². The molecule has 0 aliphatic rings. The normalized spacial score (nSPS) is 12.1. The van der Waals surface area contributed by atoms with E-state index in [2.05, 4.69) is 20.9 Å². The van der Waals surface area contributed by atoms with Crippen LogP contribution in [-0.4, -0.2) is 13.4 Å². The first-order valence-corrected chi connectivity index (χ1v) is 5.62. The minimum absolute atomic E-state index is 0.0842. The van der Waals surface area contributed by atoms with Crippen molar-refractivity contribution in [1.29, 1.82) is 0 Å². The molecule has 0 aliphatic carbocycles. The van der Waals surface area contributed by atoms with Gasteiger partial charge in [0.25, 0.3) is 6.43 Å². The number of rotatable bonds is 2. The molecule has 4 nitrogen and oxygen atoms in total. The highest BCUT2D eigenvalue weighted by Gasteiger charge is 2.16. The number of alkyl halides is 2. The Morgan fingerprint density at radius 1 is 1.50 bits per heavy atom. The van der Waals surface area contributed by atoms with Crippen LogP contribution in [0.1, 0.15) is 12.1 Å². The number of primary sulfonamides is 1. The maximum atomic E-state index is 12.2. The fraction of sp³-hybridized carbons (Fsp3) is 0.167. The Labute approximate surface area is 87.3 Å². The molecule has 0 atom stereocenters. The van der Waals surface area contributed by atoms with Crippen molar-refractivity contribution < 1.29 is 17.2 Å². The molecule has 0 aliphatic heterocycles. The summed E-state index contributed by atoms with van der Waals surface area (Å²) in [6.07, 6.45) is -1.97. The molecule has 14 heavy (non-hydrogen) atoms. The Bertz CT molecular complexity index is 449. The van der Waals surface area contributed by atoms with E-state index in [0.29, 0.717) is 0 Å². The van der Waals surface area contributed by atoms with Gasteiger partial charge < -0.3 is 0 Å². The summed E-state index contributed by atoms with van der Waals surface area (Å²) in [5.74, 6) is 0. The molecule has 0 spiro atoms. The number of hydrogen-bond donors (Lipinski definition) is 1. The smallest absolute Gasteiger partial charge is 0.253 e. The molecule has 1 rings (SSSR count). The molecule has 1 heterocycles. The van der Waals surface area contributed by atoms with Crippen molar-refractivity contribution in [1.82, 2.24) is 4.98 Å². The molecule has 1 aromatic rings. The molecule has 0 radical (unpaired) electrons. The van der Waals surface area contributed by atoms with Gasteiger partial charge in [-0.25, -0.2) is 22.3 Å². The third kappa shape index (κ3) is 2.46. The van der Waals surface area contributed by atoms with Gasteiger partial charge in [0.05, 0.1) is 0 Å². The lowest BCUT2D eigenvalue weighted by Crippen LogP contribution is -2.13. The molecule has 2 N–H and O–H groups in total. The van der Waals surface area contributed by atoms with E-state index in [1.54, 1.807) is 0 Å². The van der Waals surface area contributed by atoms with Gasteiger partial charge in [-0.2, -0.15) is 0 Å². The number of aromatic nitrogens is 1. The van der Waals surface area contributed by atoms with Gasteiger partial charge in [-0.1, -0.05) is 0 Å². The fourth-order valence-electron chi connectivity index (χ4n) is 0.747. The van der Waals surface area contributed by atoms with Gasteiger partial charge in [0, 0.05) is 10.7 Å². The maximum Gasteiger partial charge on any atom is 0.281 e. The zero-order chi connectivity index (χ0) is 10.9. The van der Waals surface area contributed by atoms with Crippen LogP contribution in [-0.2, 0) is 10.0 Å². The Hall–Kier alpha value is -0.600. The predicted molar refractivity (Wildman–Crippen MR) is 48.3 cm³/mol. The Morgan fingerprint density at radius 3 is 2.43 bits per heavy atom. The van der Waals surface area contributed by atoms with E-state index >= 15 is 0 Å². The third-order valence-corrected chi connectivity index (χ3v) is 2.90. The van der Waals surface area contributed by atoms with Crippen LogP contribution in [0, 0.1) is 0 Å². The van der Waals surface area contributed by atoms with E-state index in [0.717, 1.165) is 12.3 Å². The topological polar surface area (TPSA) is 73.1 Å². The molecule has 0 fully saturated rings. The third-order valence-electron chi connectivity index (χ3n) is 1.38. The quantitative estimate of drug-likeness (QED) is 0.894. The van der Waals surface area contributed by atoms with Crippen molar-refractivity contribution in [3.8, 4) is 0 Å². The van der Waals surface area contributed by atoms with Crippen LogP contribution in [0.2, 0.25) is 0 Å². The minimum Gasteiger partial charge on any atom is -0.253 e. The zero-order valence-electron chi connectivity index (χ0n) is 6.62. The number of nitrogens with zero attached hydrogens (tertiary/aromatic N) is 1. The Balaban J connectivity index is 3.27. The second kappa shape index (κ2) is 3.87. The summed E-state index contributed by atoms with van der Waals surface area (Å²) in [6.45, 7) is 0. The first-order valence-electron chi connectivity index (χ1n) is 3.29. The number of sulfonamides is 1. The van der Waals surface area contributed by atoms with Crippen LogP contribution in [0.4, 0.5) is 8.78 Å². The van der Waals surface area contributed by atoms with Crippen molar-refractivity contribution in [3.63, 3.8) is 0 Å². The number of pyridine rings is 1. The summed E-state index contributed by atoms with van der Waals surface area (Å²) in [6, 6.07) is 0.990. The molecule has 0 unspecified atom stereocenters. The van der Waals surface area contributed by atoms with Gasteiger partial charge in [-0.15, -0.1) is 0 Å². The van der Waals surface area contributed by atoms with Crippen molar-refractivity contribution in [2.75, 3.05) is 0 Å². The molecular weight excluding hydrogens is 282 g/mol. The molecule has 0 aromatic carbocycles. The van der Waals surface area contributed by atoms with E-state index in [9.17, 15) is 17.2 Å². The summed E-state index contributed by atoms with van der Waals surface area (Å²) < 4.78 is 45.9. The summed E-state index contributed by atoms with van der Waals surface area (Å²) in [5, 5.41) is 4.78. The van der Waals surface area contributed by atoms with Crippen LogP contribution in [0.25, 0.3) is 0 Å². The van der Waals surface area contributed by atoms with E-state index in [4.69, 9.17) is 5.14 Å². The lowest BCUT2D eigenvalue weighted by atomic mass is 10.4.